The van der Waals surface area contributed by atoms with E-state index in [1.54, 1.807) is 6.92 Å². The number of carbonyl (C=O) groups is 2. The Morgan fingerprint density at radius 3 is 2.40 bits per heavy atom. The van der Waals surface area contributed by atoms with E-state index in [0.717, 1.165) is 0 Å². The van der Waals surface area contributed by atoms with Crippen molar-refractivity contribution in [1.29, 1.82) is 0 Å². The highest BCUT2D eigenvalue weighted by Gasteiger charge is 2.76. The van der Waals surface area contributed by atoms with Crippen LogP contribution in [-0.4, -0.2) is 38.8 Å². The van der Waals surface area contributed by atoms with E-state index in [0.29, 0.717) is 51.4 Å². The zero-order valence-corrected chi connectivity index (χ0v) is 15.5. The Labute approximate surface area is 148 Å². The molecule has 0 heterocycles. The number of fused-ring (bicyclic) bond motifs is 3. The average Bonchev–Trinajstić information content (AvgIpc) is 2.75. The minimum absolute atomic E-state index is 0.233. The van der Waals surface area contributed by atoms with Gasteiger partial charge in [0.05, 0.1) is 17.1 Å². The Hall–Kier alpha value is -0.940. The van der Waals surface area contributed by atoms with Gasteiger partial charge in [-0.2, -0.15) is 0 Å². The van der Waals surface area contributed by atoms with Crippen molar-refractivity contribution in [3.63, 3.8) is 0 Å². The van der Waals surface area contributed by atoms with E-state index < -0.39 is 33.9 Å². The van der Waals surface area contributed by atoms with Gasteiger partial charge in [-0.3, -0.25) is 9.59 Å². The van der Waals surface area contributed by atoms with E-state index in [4.69, 9.17) is 0 Å². The molecule has 3 N–H and O–H groups in total. The van der Waals surface area contributed by atoms with Crippen LogP contribution < -0.4 is 0 Å². The summed E-state index contributed by atoms with van der Waals surface area (Å²) in [5.74, 6) is -0.882. The van der Waals surface area contributed by atoms with Crippen molar-refractivity contribution in [3.8, 4) is 0 Å². The van der Waals surface area contributed by atoms with Gasteiger partial charge in [0.15, 0.2) is 0 Å². The van der Waals surface area contributed by atoms with Crippen LogP contribution in [0.5, 0.6) is 0 Å². The fraction of sp³-hybridized carbons (Fsp3) is 0.900. The molecule has 5 nitrogen and oxygen atoms in total. The molecule has 0 aromatic carbocycles. The summed E-state index contributed by atoms with van der Waals surface area (Å²) in [6.07, 6.45) is 3.59. The largest absolute Gasteiger partial charge is 0.481 e. The molecule has 4 fully saturated rings. The summed E-state index contributed by atoms with van der Waals surface area (Å²) in [5.41, 5.74) is -3.85. The number of aliphatic carboxylic acids is 1. The van der Waals surface area contributed by atoms with Crippen LogP contribution >= 0.6 is 0 Å². The number of aliphatic hydroxyl groups is 2. The molecular formula is C20H30O5. The molecule has 0 saturated heterocycles. The van der Waals surface area contributed by atoms with Crippen LogP contribution in [0.15, 0.2) is 0 Å². The first-order chi connectivity index (χ1) is 11.5. The summed E-state index contributed by atoms with van der Waals surface area (Å²) < 4.78 is 0. The lowest BCUT2D eigenvalue weighted by atomic mass is 9.37. The Morgan fingerprint density at radius 2 is 1.76 bits per heavy atom. The number of carbonyl (C=O) groups excluding carboxylic acids is 1. The Bertz CT molecular complexity index is 660. The highest BCUT2D eigenvalue weighted by molar-refractivity contribution is 5.88. The Kier molecular flexibility index (Phi) is 3.26. The minimum atomic E-state index is -1.18. The Morgan fingerprint density at radius 1 is 1.08 bits per heavy atom. The molecule has 140 valence electrons. The number of carboxylic acid groups (broad SMARTS) is 1. The molecule has 0 aromatic heterocycles. The normalized spacial score (nSPS) is 57.7. The molecule has 4 saturated carbocycles. The van der Waals surface area contributed by atoms with Crippen LogP contribution in [0.3, 0.4) is 0 Å². The standard InChI is InChI=1S/C20H30O5/c1-16-8-9-20(25)18(3)12(4-7-19(20,11-16)10-14(16)22)17(2,15(23)24)6-5-13(18)21/h12-13,21,25H,4-11H2,1-3H3,(H,23,24)/t12-,13+,16+,17-,18+,19+,20-/m1/s1. The first-order valence-electron chi connectivity index (χ1n) is 9.62. The number of rotatable bonds is 1. The van der Waals surface area contributed by atoms with Crippen LogP contribution in [0.2, 0.25) is 0 Å². The zero-order chi connectivity index (χ0) is 18.5. The lowest BCUT2D eigenvalue weighted by Crippen LogP contribution is -2.73. The number of ketones is 1. The number of hydrogen-bond acceptors (Lipinski definition) is 4. The number of carboxylic acids is 1. The third-order valence-electron chi connectivity index (χ3n) is 9.23. The molecule has 4 rings (SSSR count). The highest BCUT2D eigenvalue weighted by Crippen LogP contribution is 2.74. The predicted octanol–water partition coefficient (Wildman–Crippen LogP) is 2.53. The molecular weight excluding hydrogens is 320 g/mol. The molecule has 0 amide bonds. The smallest absolute Gasteiger partial charge is 0.309 e. The van der Waals surface area contributed by atoms with E-state index in [2.05, 4.69) is 0 Å². The summed E-state index contributed by atoms with van der Waals surface area (Å²) in [5, 5.41) is 32.9. The van der Waals surface area contributed by atoms with Crippen LogP contribution in [0.4, 0.5) is 0 Å². The van der Waals surface area contributed by atoms with Crippen LogP contribution in [0, 0.1) is 27.6 Å². The fourth-order valence-corrected chi connectivity index (χ4v) is 7.56. The summed E-state index contributed by atoms with van der Waals surface area (Å²) in [6.45, 7) is 5.68. The van der Waals surface area contributed by atoms with Gasteiger partial charge in [0.1, 0.15) is 5.78 Å². The lowest BCUT2D eigenvalue weighted by molar-refractivity contribution is -0.294. The van der Waals surface area contributed by atoms with Crippen molar-refractivity contribution in [1.82, 2.24) is 0 Å². The van der Waals surface area contributed by atoms with Gasteiger partial charge in [-0.25, -0.2) is 0 Å². The topological polar surface area (TPSA) is 94.8 Å². The summed E-state index contributed by atoms with van der Waals surface area (Å²) >= 11 is 0. The van der Waals surface area contributed by atoms with Crippen molar-refractivity contribution >= 4 is 11.8 Å². The molecule has 0 aromatic rings. The number of hydrogen-bond donors (Lipinski definition) is 3. The van der Waals surface area contributed by atoms with Crippen molar-refractivity contribution in [2.75, 3.05) is 0 Å². The molecule has 0 aliphatic heterocycles. The predicted molar refractivity (Wildman–Crippen MR) is 90.8 cm³/mol. The quantitative estimate of drug-likeness (QED) is 0.675. The number of Topliss-reactive ketones (excluding diaryl/α,β-unsaturated/α-hetero) is 1. The van der Waals surface area contributed by atoms with Crippen LogP contribution in [0.25, 0.3) is 0 Å². The van der Waals surface area contributed by atoms with Crippen molar-refractivity contribution in [3.05, 3.63) is 0 Å². The van der Waals surface area contributed by atoms with E-state index in [1.165, 1.54) is 0 Å². The molecule has 1 spiro atoms. The first-order valence-corrected chi connectivity index (χ1v) is 9.62. The van der Waals surface area contributed by atoms with Gasteiger partial charge in [-0.05, 0) is 57.8 Å². The first kappa shape index (κ1) is 17.5. The third-order valence-corrected chi connectivity index (χ3v) is 9.23. The zero-order valence-electron chi connectivity index (χ0n) is 15.5. The average molecular weight is 350 g/mol. The minimum Gasteiger partial charge on any atom is -0.481 e. The second-order valence-corrected chi connectivity index (χ2v) is 10.1. The highest BCUT2D eigenvalue weighted by atomic mass is 16.4. The van der Waals surface area contributed by atoms with Crippen LogP contribution in [0.1, 0.15) is 72.1 Å². The van der Waals surface area contributed by atoms with E-state index >= 15 is 0 Å². The van der Waals surface area contributed by atoms with Crippen molar-refractivity contribution < 1.29 is 24.9 Å². The van der Waals surface area contributed by atoms with Crippen molar-refractivity contribution in [2.45, 2.75) is 83.8 Å². The van der Waals surface area contributed by atoms with Gasteiger partial charge in [0.25, 0.3) is 0 Å². The lowest BCUT2D eigenvalue weighted by Gasteiger charge is -2.69. The summed E-state index contributed by atoms with van der Waals surface area (Å²) in [4.78, 5) is 24.8. The van der Waals surface area contributed by atoms with E-state index in [1.807, 2.05) is 13.8 Å². The van der Waals surface area contributed by atoms with Gasteiger partial charge in [0.2, 0.25) is 0 Å². The van der Waals surface area contributed by atoms with Gasteiger partial charge in [-0.15, -0.1) is 0 Å². The maximum atomic E-state index is 12.7. The number of aliphatic hydroxyl groups excluding tert-OH is 1. The SMILES string of the molecule is C[C@@]12CC[C@]3(O)[C@@](CC[C@H]4[C@@]3(C)[C@@H](O)CC[C@@]4(C)C(=O)O)(CC1=O)C2. The van der Waals surface area contributed by atoms with E-state index in [9.17, 15) is 24.9 Å². The molecule has 2 bridgehead atoms. The maximum Gasteiger partial charge on any atom is 0.309 e. The maximum absolute atomic E-state index is 12.7. The molecule has 4 aliphatic carbocycles. The van der Waals surface area contributed by atoms with Gasteiger partial charge in [-0.1, -0.05) is 13.8 Å². The third kappa shape index (κ3) is 1.72. The van der Waals surface area contributed by atoms with Crippen LogP contribution in [-0.2, 0) is 9.59 Å². The Balaban J connectivity index is 1.87. The molecule has 5 heteroatoms. The molecule has 4 aliphatic rings. The second kappa shape index (κ2) is 4.66. The molecule has 0 unspecified atom stereocenters. The van der Waals surface area contributed by atoms with Gasteiger partial charge in [0, 0.05) is 22.7 Å². The molecule has 7 atom stereocenters. The van der Waals surface area contributed by atoms with Gasteiger partial charge >= 0.3 is 5.97 Å². The molecule has 0 radical (unpaired) electrons. The fourth-order valence-electron chi connectivity index (χ4n) is 7.56. The van der Waals surface area contributed by atoms with Gasteiger partial charge < -0.3 is 15.3 Å². The monoisotopic (exact) mass is 350 g/mol. The summed E-state index contributed by atoms with van der Waals surface area (Å²) in [7, 11) is 0. The molecule has 25 heavy (non-hydrogen) atoms. The second-order valence-electron chi connectivity index (χ2n) is 10.1. The summed E-state index contributed by atoms with van der Waals surface area (Å²) in [6, 6.07) is 0. The van der Waals surface area contributed by atoms with E-state index in [-0.39, 0.29) is 17.1 Å². The van der Waals surface area contributed by atoms with Crippen molar-refractivity contribution in [2.24, 2.45) is 27.6 Å².